The Morgan fingerprint density at radius 2 is 1.79 bits per heavy atom. The second-order valence-corrected chi connectivity index (χ2v) is 6.83. The van der Waals surface area contributed by atoms with Gasteiger partial charge in [-0.15, -0.1) is 5.10 Å². The number of fused-ring (bicyclic) bond motifs is 3. The molecule has 0 spiro atoms. The topological polar surface area (TPSA) is 70.1 Å². The lowest BCUT2D eigenvalue weighted by Gasteiger charge is -2.09. The summed E-state index contributed by atoms with van der Waals surface area (Å²) >= 11 is 0. The number of aryl methyl sites for hydroxylation is 1. The Morgan fingerprint density at radius 1 is 0.966 bits per heavy atom. The minimum absolute atomic E-state index is 0.589. The predicted molar refractivity (Wildman–Crippen MR) is 111 cm³/mol. The molecule has 5 rings (SSSR count). The highest BCUT2D eigenvalue weighted by Crippen LogP contribution is 2.31. The standard InChI is InChI=1S/C22H20N6O/c1-4-29-17-10-8-16(9-11-17)28-15(3)14(2)19-21(28)24-13-27-22(19)25-20(26-27)18-7-5-6-12-23-18/h5-13H,4H2,1-3H3. The first-order valence-electron chi connectivity index (χ1n) is 9.55. The third-order valence-corrected chi connectivity index (χ3v) is 5.13. The molecule has 0 N–H and O–H groups in total. The smallest absolute Gasteiger partial charge is 0.200 e. The summed E-state index contributed by atoms with van der Waals surface area (Å²) in [6.45, 7) is 6.82. The van der Waals surface area contributed by atoms with Crippen LogP contribution >= 0.6 is 0 Å². The molecular weight excluding hydrogens is 364 g/mol. The van der Waals surface area contributed by atoms with Crippen molar-refractivity contribution in [1.82, 2.24) is 29.1 Å². The SMILES string of the molecule is CCOc1ccc(-n2c(C)c(C)c3c2ncn2nc(-c4ccccn4)nc32)cc1. The number of rotatable bonds is 4. The third-order valence-electron chi connectivity index (χ3n) is 5.13. The lowest BCUT2D eigenvalue weighted by molar-refractivity contribution is 0.340. The van der Waals surface area contributed by atoms with Crippen molar-refractivity contribution in [1.29, 1.82) is 0 Å². The maximum absolute atomic E-state index is 5.57. The van der Waals surface area contributed by atoms with Crippen LogP contribution in [0, 0.1) is 13.8 Å². The molecule has 0 amide bonds. The summed E-state index contributed by atoms with van der Waals surface area (Å²) in [4.78, 5) is 13.8. The number of aromatic nitrogens is 6. The van der Waals surface area contributed by atoms with Gasteiger partial charge in [-0.3, -0.25) is 9.55 Å². The maximum Gasteiger partial charge on any atom is 0.200 e. The molecule has 0 unspecified atom stereocenters. The number of ether oxygens (including phenoxy) is 1. The second-order valence-electron chi connectivity index (χ2n) is 6.83. The maximum atomic E-state index is 5.57. The Morgan fingerprint density at radius 3 is 2.52 bits per heavy atom. The van der Waals surface area contributed by atoms with E-state index in [1.165, 1.54) is 0 Å². The first-order chi connectivity index (χ1) is 14.2. The van der Waals surface area contributed by atoms with Crippen molar-refractivity contribution >= 4 is 16.7 Å². The highest BCUT2D eigenvalue weighted by atomic mass is 16.5. The molecule has 7 nitrogen and oxygen atoms in total. The van der Waals surface area contributed by atoms with Crippen molar-refractivity contribution in [3.63, 3.8) is 0 Å². The van der Waals surface area contributed by atoms with Gasteiger partial charge in [0.15, 0.2) is 11.3 Å². The number of benzene rings is 1. The van der Waals surface area contributed by atoms with Crippen LogP contribution < -0.4 is 4.74 Å². The van der Waals surface area contributed by atoms with Gasteiger partial charge in [0, 0.05) is 17.6 Å². The highest BCUT2D eigenvalue weighted by molar-refractivity contribution is 5.95. The van der Waals surface area contributed by atoms with Crippen molar-refractivity contribution < 1.29 is 4.74 Å². The van der Waals surface area contributed by atoms with E-state index in [0.29, 0.717) is 12.4 Å². The van der Waals surface area contributed by atoms with Crippen LogP contribution in [0.15, 0.2) is 55.0 Å². The van der Waals surface area contributed by atoms with Gasteiger partial charge < -0.3 is 4.74 Å². The molecule has 0 fully saturated rings. The largest absolute Gasteiger partial charge is 0.494 e. The summed E-state index contributed by atoms with van der Waals surface area (Å²) in [6, 6.07) is 13.8. The van der Waals surface area contributed by atoms with Crippen LogP contribution in [-0.4, -0.2) is 35.7 Å². The molecule has 1 aromatic carbocycles. The van der Waals surface area contributed by atoms with Crippen molar-refractivity contribution in [3.8, 4) is 23.0 Å². The Kier molecular flexibility index (Phi) is 4.01. The average Bonchev–Trinajstić information content (AvgIpc) is 3.29. The normalized spacial score (nSPS) is 11.4. The van der Waals surface area contributed by atoms with Crippen LogP contribution in [-0.2, 0) is 0 Å². The Bertz CT molecular complexity index is 1320. The molecule has 7 heteroatoms. The van der Waals surface area contributed by atoms with E-state index < -0.39 is 0 Å². The molecule has 0 radical (unpaired) electrons. The van der Waals surface area contributed by atoms with Gasteiger partial charge in [0.25, 0.3) is 0 Å². The van der Waals surface area contributed by atoms with Crippen LogP contribution in [0.5, 0.6) is 5.75 Å². The first-order valence-corrected chi connectivity index (χ1v) is 9.55. The van der Waals surface area contributed by atoms with Crippen LogP contribution in [0.3, 0.4) is 0 Å². The monoisotopic (exact) mass is 384 g/mol. The zero-order valence-electron chi connectivity index (χ0n) is 16.5. The molecule has 0 aliphatic carbocycles. The summed E-state index contributed by atoms with van der Waals surface area (Å²) < 4.78 is 9.44. The molecule has 0 bridgehead atoms. The molecule has 0 aliphatic heterocycles. The summed E-state index contributed by atoms with van der Waals surface area (Å²) in [5.74, 6) is 1.45. The number of pyridine rings is 1. The fraction of sp³-hybridized carbons (Fsp3) is 0.182. The van der Waals surface area contributed by atoms with E-state index in [0.717, 1.165) is 45.1 Å². The predicted octanol–water partition coefficient (Wildman–Crippen LogP) is 4.15. The molecule has 0 saturated heterocycles. The quantitative estimate of drug-likeness (QED) is 0.466. The van der Waals surface area contributed by atoms with E-state index in [1.54, 1.807) is 17.0 Å². The van der Waals surface area contributed by atoms with Gasteiger partial charge in [-0.2, -0.15) is 0 Å². The summed E-state index contributed by atoms with van der Waals surface area (Å²) in [5, 5.41) is 5.57. The number of nitrogens with zero attached hydrogens (tertiary/aromatic N) is 6. The van der Waals surface area contributed by atoms with E-state index in [-0.39, 0.29) is 0 Å². The van der Waals surface area contributed by atoms with Crippen LogP contribution in [0.1, 0.15) is 18.2 Å². The summed E-state index contributed by atoms with van der Waals surface area (Å²) in [6.07, 6.45) is 3.45. The van der Waals surface area contributed by atoms with E-state index in [1.807, 2.05) is 49.4 Å². The van der Waals surface area contributed by atoms with Gasteiger partial charge in [-0.25, -0.2) is 14.5 Å². The van der Waals surface area contributed by atoms with Gasteiger partial charge >= 0.3 is 0 Å². The highest BCUT2D eigenvalue weighted by Gasteiger charge is 2.19. The minimum atomic E-state index is 0.589. The van der Waals surface area contributed by atoms with Crippen molar-refractivity contribution in [2.75, 3.05) is 6.61 Å². The molecule has 29 heavy (non-hydrogen) atoms. The summed E-state index contributed by atoms with van der Waals surface area (Å²) in [5.41, 5.74) is 5.66. The zero-order chi connectivity index (χ0) is 20.0. The number of hydrogen-bond acceptors (Lipinski definition) is 5. The van der Waals surface area contributed by atoms with E-state index in [2.05, 4.69) is 28.5 Å². The van der Waals surface area contributed by atoms with Gasteiger partial charge in [0.05, 0.1) is 12.0 Å². The molecular formula is C22H20N6O. The fourth-order valence-corrected chi connectivity index (χ4v) is 3.64. The molecule has 5 aromatic rings. The lowest BCUT2D eigenvalue weighted by atomic mass is 10.2. The van der Waals surface area contributed by atoms with Crippen LogP contribution in [0.2, 0.25) is 0 Å². The zero-order valence-corrected chi connectivity index (χ0v) is 16.5. The number of hydrogen-bond donors (Lipinski definition) is 0. The fourth-order valence-electron chi connectivity index (χ4n) is 3.64. The van der Waals surface area contributed by atoms with Gasteiger partial charge in [0.2, 0.25) is 5.82 Å². The molecule has 0 atom stereocenters. The van der Waals surface area contributed by atoms with Crippen molar-refractivity contribution in [2.45, 2.75) is 20.8 Å². The Balaban J connectivity index is 1.72. The molecule has 0 aliphatic rings. The second kappa shape index (κ2) is 6.70. The van der Waals surface area contributed by atoms with Crippen LogP contribution in [0.4, 0.5) is 0 Å². The molecule has 144 valence electrons. The lowest BCUT2D eigenvalue weighted by Crippen LogP contribution is -1.99. The van der Waals surface area contributed by atoms with Crippen molar-refractivity contribution in [3.05, 3.63) is 66.2 Å². The van der Waals surface area contributed by atoms with Crippen molar-refractivity contribution in [2.24, 2.45) is 0 Å². The Labute approximate surface area is 167 Å². The van der Waals surface area contributed by atoms with E-state index in [4.69, 9.17) is 14.7 Å². The first kappa shape index (κ1) is 17.4. The Hall–Kier alpha value is -3.74. The average molecular weight is 384 g/mol. The van der Waals surface area contributed by atoms with Crippen LogP contribution in [0.25, 0.3) is 33.9 Å². The minimum Gasteiger partial charge on any atom is -0.494 e. The third kappa shape index (κ3) is 2.74. The van der Waals surface area contributed by atoms with E-state index in [9.17, 15) is 0 Å². The van der Waals surface area contributed by atoms with Gasteiger partial charge in [-0.05, 0) is 62.7 Å². The molecule has 0 saturated carbocycles. The summed E-state index contributed by atoms with van der Waals surface area (Å²) in [7, 11) is 0. The molecule has 4 heterocycles. The van der Waals surface area contributed by atoms with Gasteiger partial charge in [-0.1, -0.05) is 6.07 Å². The van der Waals surface area contributed by atoms with Gasteiger partial charge in [0.1, 0.15) is 17.8 Å². The van der Waals surface area contributed by atoms with E-state index >= 15 is 0 Å². The molecule has 4 aromatic heterocycles.